The minimum absolute atomic E-state index is 0.194. The molecule has 0 aliphatic heterocycles. The van der Waals surface area contributed by atoms with Crippen LogP contribution in [0.4, 0.5) is 0 Å². The van der Waals surface area contributed by atoms with E-state index >= 15 is 0 Å². The van der Waals surface area contributed by atoms with Crippen LogP contribution >= 0.6 is 0 Å². The molecule has 0 radical (unpaired) electrons. The highest BCUT2D eigenvalue weighted by atomic mass is 16.1. The first-order valence-corrected chi connectivity index (χ1v) is 4.95. The molecule has 1 amide bonds. The average Bonchev–Trinajstić information content (AvgIpc) is 2.70. The number of carbonyl (C=O) groups excluding carboxylic acids is 1. The van der Waals surface area contributed by atoms with Crippen LogP contribution in [-0.4, -0.2) is 52.4 Å². The van der Waals surface area contributed by atoms with Crippen molar-refractivity contribution in [2.24, 2.45) is 0 Å². The van der Waals surface area contributed by atoms with E-state index in [-0.39, 0.29) is 5.91 Å². The zero-order valence-corrected chi connectivity index (χ0v) is 9.32. The molecule has 0 bridgehead atoms. The van der Waals surface area contributed by atoms with Gasteiger partial charge in [0, 0.05) is 19.1 Å². The van der Waals surface area contributed by atoms with E-state index < -0.39 is 0 Å². The maximum atomic E-state index is 11.4. The van der Waals surface area contributed by atoms with Gasteiger partial charge in [0.05, 0.1) is 6.20 Å². The van der Waals surface area contributed by atoms with Gasteiger partial charge in [-0.2, -0.15) is 15.4 Å². The SMILES string of the molecule is CC(C)N(C)CCNC(=O)c1cn[nH]n1. The molecule has 0 aromatic carbocycles. The first-order valence-electron chi connectivity index (χ1n) is 4.95. The van der Waals surface area contributed by atoms with Crippen molar-refractivity contribution in [1.82, 2.24) is 25.6 Å². The molecule has 6 nitrogen and oxygen atoms in total. The number of likely N-dealkylation sites (N-methyl/N-ethyl adjacent to an activating group) is 1. The first-order chi connectivity index (χ1) is 7.11. The lowest BCUT2D eigenvalue weighted by Crippen LogP contribution is -2.36. The van der Waals surface area contributed by atoms with Crippen LogP contribution in [-0.2, 0) is 0 Å². The van der Waals surface area contributed by atoms with Crippen LogP contribution in [0.1, 0.15) is 24.3 Å². The Morgan fingerprint density at radius 3 is 2.93 bits per heavy atom. The van der Waals surface area contributed by atoms with Gasteiger partial charge in [-0.25, -0.2) is 0 Å². The topological polar surface area (TPSA) is 73.9 Å². The summed E-state index contributed by atoms with van der Waals surface area (Å²) in [5.41, 5.74) is 0.321. The molecule has 15 heavy (non-hydrogen) atoms. The molecule has 0 saturated heterocycles. The molecule has 1 rings (SSSR count). The fourth-order valence-electron chi connectivity index (χ4n) is 1.01. The molecular weight excluding hydrogens is 194 g/mol. The Balaban J connectivity index is 2.24. The second-order valence-corrected chi connectivity index (χ2v) is 3.69. The summed E-state index contributed by atoms with van der Waals surface area (Å²) in [4.78, 5) is 13.6. The number of carbonyl (C=O) groups is 1. The smallest absolute Gasteiger partial charge is 0.273 e. The average molecular weight is 211 g/mol. The van der Waals surface area contributed by atoms with Gasteiger partial charge in [-0.05, 0) is 20.9 Å². The molecule has 0 fully saturated rings. The van der Waals surface area contributed by atoms with Gasteiger partial charge in [0.2, 0.25) is 0 Å². The van der Waals surface area contributed by atoms with Crippen LogP contribution in [0.5, 0.6) is 0 Å². The normalized spacial score (nSPS) is 11.0. The molecule has 6 heteroatoms. The lowest BCUT2D eigenvalue weighted by molar-refractivity contribution is 0.0943. The molecule has 0 aliphatic rings. The Bertz CT molecular complexity index is 295. The van der Waals surface area contributed by atoms with Crippen LogP contribution in [0.15, 0.2) is 6.20 Å². The van der Waals surface area contributed by atoms with Crippen molar-refractivity contribution < 1.29 is 4.79 Å². The van der Waals surface area contributed by atoms with E-state index in [9.17, 15) is 4.79 Å². The highest BCUT2D eigenvalue weighted by Crippen LogP contribution is 1.92. The van der Waals surface area contributed by atoms with E-state index in [1.807, 2.05) is 7.05 Å². The third kappa shape index (κ3) is 3.67. The number of H-pyrrole nitrogens is 1. The molecule has 1 aromatic rings. The van der Waals surface area contributed by atoms with E-state index in [0.717, 1.165) is 6.54 Å². The van der Waals surface area contributed by atoms with Crippen LogP contribution in [0.25, 0.3) is 0 Å². The van der Waals surface area contributed by atoms with E-state index in [0.29, 0.717) is 18.3 Å². The molecular formula is C9H17N5O. The highest BCUT2D eigenvalue weighted by molar-refractivity contribution is 5.91. The second-order valence-electron chi connectivity index (χ2n) is 3.69. The van der Waals surface area contributed by atoms with Crippen LogP contribution in [0.2, 0.25) is 0 Å². The Hall–Kier alpha value is -1.43. The van der Waals surface area contributed by atoms with Crippen molar-refractivity contribution in [3.63, 3.8) is 0 Å². The van der Waals surface area contributed by atoms with Crippen molar-refractivity contribution in [3.8, 4) is 0 Å². The summed E-state index contributed by atoms with van der Waals surface area (Å²) in [5.74, 6) is -0.194. The first kappa shape index (κ1) is 11.6. The maximum absolute atomic E-state index is 11.4. The Labute approximate surface area is 89.0 Å². The summed E-state index contributed by atoms with van der Waals surface area (Å²) in [6.45, 7) is 5.65. The number of nitrogens with zero attached hydrogens (tertiary/aromatic N) is 3. The predicted molar refractivity (Wildman–Crippen MR) is 56.5 cm³/mol. The lowest BCUT2D eigenvalue weighted by atomic mass is 10.3. The largest absolute Gasteiger partial charge is 0.349 e. The number of rotatable bonds is 5. The molecule has 0 saturated carbocycles. The van der Waals surface area contributed by atoms with Crippen LogP contribution in [0.3, 0.4) is 0 Å². The van der Waals surface area contributed by atoms with Gasteiger partial charge < -0.3 is 10.2 Å². The van der Waals surface area contributed by atoms with Gasteiger partial charge >= 0.3 is 0 Å². The fraction of sp³-hybridized carbons (Fsp3) is 0.667. The summed E-state index contributed by atoms with van der Waals surface area (Å²) in [6.07, 6.45) is 1.40. The quantitative estimate of drug-likeness (QED) is 0.711. The van der Waals surface area contributed by atoms with Crippen molar-refractivity contribution >= 4 is 5.91 Å². The number of amides is 1. The molecule has 1 aromatic heterocycles. The number of hydrogen-bond acceptors (Lipinski definition) is 4. The minimum atomic E-state index is -0.194. The summed E-state index contributed by atoms with van der Waals surface area (Å²) in [5, 5.41) is 12.4. The van der Waals surface area contributed by atoms with Gasteiger partial charge in [-0.3, -0.25) is 4.79 Å². The predicted octanol–water partition coefficient (Wildman–Crippen LogP) is -0.125. The maximum Gasteiger partial charge on any atom is 0.273 e. The summed E-state index contributed by atoms with van der Waals surface area (Å²) in [7, 11) is 2.02. The zero-order chi connectivity index (χ0) is 11.3. The number of nitrogens with one attached hydrogen (secondary N) is 2. The third-order valence-corrected chi connectivity index (χ3v) is 2.28. The fourth-order valence-corrected chi connectivity index (χ4v) is 1.01. The van der Waals surface area contributed by atoms with E-state index in [4.69, 9.17) is 0 Å². The van der Waals surface area contributed by atoms with E-state index in [1.165, 1.54) is 6.20 Å². The molecule has 2 N–H and O–H groups in total. The monoisotopic (exact) mass is 211 g/mol. The Morgan fingerprint density at radius 1 is 1.67 bits per heavy atom. The molecule has 84 valence electrons. The van der Waals surface area contributed by atoms with Crippen molar-refractivity contribution in [1.29, 1.82) is 0 Å². The lowest BCUT2D eigenvalue weighted by Gasteiger charge is -2.20. The summed E-state index contributed by atoms with van der Waals surface area (Å²) >= 11 is 0. The number of hydrogen-bond donors (Lipinski definition) is 2. The summed E-state index contributed by atoms with van der Waals surface area (Å²) in [6, 6.07) is 0.481. The van der Waals surface area contributed by atoms with Gasteiger partial charge in [-0.15, -0.1) is 0 Å². The van der Waals surface area contributed by atoms with Gasteiger partial charge in [0.25, 0.3) is 5.91 Å². The second kappa shape index (κ2) is 5.45. The third-order valence-electron chi connectivity index (χ3n) is 2.28. The van der Waals surface area contributed by atoms with Crippen molar-refractivity contribution in [3.05, 3.63) is 11.9 Å². The van der Waals surface area contributed by atoms with E-state index in [2.05, 4.69) is 39.5 Å². The minimum Gasteiger partial charge on any atom is -0.349 e. The standard InChI is InChI=1S/C9H17N5O/c1-7(2)14(3)5-4-10-9(15)8-6-11-13-12-8/h6-7H,4-5H2,1-3H3,(H,10,15)(H,11,12,13). The van der Waals surface area contributed by atoms with Gasteiger partial charge in [-0.1, -0.05) is 0 Å². The number of aromatic nitrogens is 3. The Kier molecular flexibility index (Phi) is 4.23. The molecule has 0 spiro atoms. The van der Waals surface area contributed by atoms with E-state index in [1.54, 1.807) is 0 Å². The number of aromatic amines is 1. The van der Waals surface area contributed by atoms with Crippen LogP contribution < -0.4 is 5.32 Å². The van der Waals surface area contributed by atoms with Crippen molar-refractivity contribution in [2.45, 2.75) is 19.9 Å². The molecule has 0 atom stereocenters. The van der Waals surface area contributed by atoms with Gasteiger partial charge in [0.1, 0.15) is 0 Å². The highest BCUT2D eigenvalue weighted by Gasteiger charge is 2.08. The zero-order valence-electron chi connectivity index (χ0n) is 9.32. The molecule has 1 heterocycles. The van der Waals surface area contributed by atoms with Gasteiger partial charge in [0.15, 0.2) is 5.69 Å². The molecule has 0 aliphatic carbocycles. The van der Waals surface area contributed by atoms with Crippen molar-refractivity contribution in [2.75, 3.05) is 20.1 Å². The molecule has 0 unspecified atom stereocenters. The Morgan fingerprint density at radius 2 is 2.40 bits per heavy atom. The summed E-state index contributed by atoms with van der Waals surface area (Å²) < 4.78 is 0. The van der Waals surface area contributed by atoms with Crippen LogP contribution in [0, 0.1) is 0 Å².